The number of hydrogen-bond acceptors (Lipinski definition) is 3. The Morgan fingerprint density at radius 2 is 2.06 bits per heavy atom. The Hall–Kier alpha value is -0.610. The summed E-state index contributed by atoms with van der Waals surface area (Å²) in [7, 11) is 0. The molecule has 0 aromatic carbocycles. The molecular weight excluding hydrogens is 204 g/mol. The number of likely N-dealkylation sites (tertiary alicyclic amines) is 1. The van der Waals surface area contributed by atoms with E-state index in [0.717, 1.165) is 39.0 Å². The molecule has 0 spiro atoms. The first-order valence-electron chi connectivity index (χ1n) is 6.32. The fourth-order valence-corrected chi connectivity index (χ4v) is 2.71. The number of amides is 1. The monoisotopic (exact) mass is 226 g/mol. The number of carbonyl (C=O) groups excluding carboxylic acids is 1. The van der Waals surface area contributed by atoms with Crippen molar-refractivity contribution >= 4 is 5.91 Å². The third kappa shape index (κ3) is 2.38. The normalized spacial score (nSPS) is 32.0. The molecule has 2 N–H and O–H groups in total. The second kappa shape index (κ2) is 5.15. The maximum Gasteiger partial charge on any atom is 0.227 e. The highest BCUT2D eigenvalue weighted by Gasteiger charge is 2.34. The van der Waals surface area contributed by atoms with Crippen LogP contribution in [0.15, 0.2) is 0 Å². The predicted octanol–water partition coefficient (Wildman–Crippen LogP) is 0.0728. The average Bonchev–Trinajstić information content (AvgIpc) is 2.75. The predicted molar refractivity (Wildman–Crippen MR) is 61.9 cm³/mol. The van der Waals surface area contributed by atoms with Gasteiger partial charge in [0, 0.05) is 26.2 Å². The zero-order valence-corrected chi connectivity index (χ0v) is 9.98. The van der Waals surface area contributed by atoms with E-state index < -0.39 is 0 Å². The Labute approximate surface area is 97.0 Å². The van der Waals surface area contributed by atoms with Crippen molar-refractivity contribution in [2.75, 3.05) is 32.8 Å². The first kappa shape index (κ1) is 11.9. The largest absolute Gasteiger partial charge is 0.396 e. The van der Waals surface area contributed by atoms with Crippen molar-refractivity contribution in [2.45, 2.75) is 19.8 Å². The molecule has 2 saturated heterocycles. The Bertz CT molecular complexity index is 249. The third-order valence-corrected chi connectivity index (χ3v) is 4.02. The van der Waals surface area contributed by atoms with E-state index in [1.807, 2.05) is 4.90 Å². The van der Waals surface area contributed by atoms with Crippen LogP contribution in [0.25, 0.3) is 0 Å². The topological polar surface area (TPSA) is 52.6 Å². The van der Waals surface area contributed by atoms with Gasteiger partial charge in [-0.2, -0.15) is 0 Å². The van der Waals surface area contributed by atoms with Crippen molar-refractivity contribution in [3.05, 3.63) is 0 Å². The van der Waals surface area contributed by atoms with E-state index in [9.17, 15) is 4.79 Å². The SMILES string of the molecule is CC1CNCC1C(=O)N1CCC(CO)CC1. The van der Waals surface area contributed by atoms with E-state index in [2.05, 4.69) is 12.2 Å². The van der Waals surface area contributed by atoms with E-state index in [4.69, 9.17) is 5.11 Å². The zero-order chi connectivity index (χ0) is 11.5. The first-order chi connectivity index (χ1) is 7.72. The lowest BCUT2D eigenvalue weighted by molar-refractivity contribution is -0.137. The van der Waals surface area contributed by atoms with E-state index in [1.54, 1.807) is 0 Å². The van der Waals surface area contributed by atoms with Crippen molar-refractivity contribution in [2.24, 2.45) is 17.8 Å². The van der Waals surface area contributed by atoms with Gasteiger partial charge in [0.05, 0.1) is 5.92 Å². The van der Waals surface area contributed by atoms with Crippen molar-refractivity contribution in [1.29, 1.82) is 0 Å². The van der Waals surface area contributed by atoms with E-state index >= 15 is 0 Å². The van der Waals surface area contributed by atoms with Gasteiger partial charge in [-0.15, -0.1) is 0 Å². The van der Waals surface area contributed by atoms with Gasteiger partial charge in [0.25, 0.3) is 0 Å². The van der Waals surface area contributed by atoms with Gasteiger partial charge >= 0.3 is 0 Å². The third-order valence-electron chi connectivity index (χ3n) is 4.02. The van der Waals surface area contributed by atoms with Gasteiger partial charge in [0.1, 0.15) is 0 Å². The van der Waals surface area contributed by atoms with Crippen molar-refractivity contribution in [1.82, 2.24) is 10.2 Å². The molecule has 0 radical (unpaired) electrons. The highest BCUT2D eigenvalue weighted by molar-refractivity contribution is 5.79. The standard InChI is InChI=1S/C12H22N2O2/c1-9-6-13-7-11(9)12(16)14-4-2-10(8-15)3-5-14/h9-11,13,15H,2-8H2,1H3. The minimum Gasteiger partial charge on any atom is -0.396 e. The number of nitrogens with one attached hydrogen (secondary N) is 1. The van der Waals surface area contributed by atoms with E-state index in [-0.39, 0.29) is 12.5 Å². The van der Waals surface area contributed by atoms with Crippen LogP contribution in [0.3, 0.4) is 0 Å². The Kier molecular flexibility index (Phi) is 3.82. The number of aliphatic hydroxyl groups excluding tert-OH is 1. The fourth-order valence-electron chi connectivity index (χ4n) is 2.71. The molecule has 2 unspecified atom stereocenters. The highest BCUT2D eigenvalue weighted by atomic mass is 16.3. The van der Waals surface area contributed by atoms with E-state index in [1.165, 1.54) is 0 Å². The molecule has 0 aliphatic carbocycles. The number of aliphatic hydroxyl groups is 1. The van der Waals surface area contributed by atoms with Crippen molar-refractivity contribution in [3.8, 4) is 0 Å². The van der Waals surface area contributed by atoms with Gasteiger partial charge in [-0.3, -0.25) is 4.79 Å². The molecule has 2 fully saturated rings. The quantitative estimate of drug-likeness (QED) is 0.701. The van der Waals surface area contributed by atoms with Gasteiger partial charge in [0.15, 0.2) is 0 Å². The molecule has 16 heavy (non-hydrogen) atoms. The number of piperidine rings is 1. The minimum atomic E-state index is 0.172. The molecule has 0 aromatic rings. The summed E-state index contributed by atoms with van der Waals surface area (Å²) in [4.78, 5) is 14.2. The Morgan fingerprint density at radius 3 is 2.56 bits per heavy atom. The van der Waals surface area contributed by atoms with E-state index in [0.29, 0.717) is 17.7 Å². The molecule has 2 atom stereocenters. The average molecular weight is 226 g/mol. The lowest BCUT2D eigenvalue weighted by Crippen LogP contribution is -2.44. The summed E-state index contributed by atoms with van der Waals surface area (Å²) in [5.41, 5.74) is 0. The maximum atomic E-state index is 12.2. The molecule has 1 amide bonds. The summed E-state index contributed by atoms with van der Waals surface area (Å²) in [5, 5.41) is 12.3. The Morgan fingerprint density at radius 1 is 1.38 bits per heavy atom. The lowest BCUT2D eigenvalue weighted by atomic mass is 9.93. The van der Waals surface area contributed by atoms with Gasteiger partial charge in [-0.05, 0) is 31.2 Å². The smallest absolute Gasteiger partial charge is 0.227 e. The van der Waals surface area contributed by atoms with Crippen LogP contribution in [0.2, 0.25) is 0 Å². The number of hydrogen-bond donors (Lipinski definition) is 2. The second-order valence-corrected chi connectivity index (χ2v) is 5.19. The van der Waals surface area contributed by atoms with Crippen LogP contribution in [0.4, 0.5) is 0 Å². The summed E-state index contributed by atoms with van der Waals surface area (Å²) in [5.74, 6) is 1.35. The van der Waals surface area contributed by atoms with Crippen LogP contribution in [0.1, 0.15) is 19.8 Å². The molecule has 2 rings (SSSR count). The maximum absolute atomic E-state index is 12.2. The summed E-state index contributed by atoms with van der Waals surface area (Å²) >= 11 is 0. The van der Waals surface area contributed by atoms with Crippen LogP contribution in [-0.4, -0.2) is 48.7 Å². The molecular formula is C12H22N2O2. The van der Waals surface area contributed by atoms with Crippen LogP contribution in [0, 0.1) is 17.8 Å². The first-order valence-corrected chi connectivity index (χ1v) is 6.32. The summed E-state index contributed by atoms with van der Waals surface area (Å²) in [6.07, 6.45) is 1.91. The molecule has 92 valence electrons. The molecule has 4 nitrogen and oxygen atoms in total. The second-order valence-electron chi connectivity index (χ2n) is 5.19. The summed E-state index contributed by atoms with van der Waals surface area (Å²) < 4.78 is 0. The molecule has 2 aliphatic rings. The fraction of sp³-hybridized carbons (Fsp3) is 0.917. The van der Waals surface area contributed by atoms with Gasteiger partial charge in [-0.25, -0.2) is 0 Å². The lowest BCUT2D eigenvalue weighted by Gasteiger charge is -2.33. The number of carbonyl (C=O) groups is 1. The molecule has 2 heterocycles. The van der Waals surface area contributed by atoms with Gasteiger partial charge < -0.3 is 15.3 Å². The molecule has 4 heteroatoms. The van der Waals surface area contributed by atoms with Crippen LogP contribution < -0.4 is 5.32 Å². The summed E-state index contributed by atoms with van der Waals surface area (Å²) in [6.45, 7) is 5.86. The van der Waals surface area contributed by atoms with Crippen molar-refractivity contribution < 1.29 is 9.90 Å². The Balaban J connectivity index is 1.86. The molecule has 2 aliphatic heterocycles. The van der Waals surface area contributed by atoms with Crippen LogP contribution in [-0.2, 0) is 4.79 Å². The number of nitrogens with zero attached hydrogens (tertiary/aromatic N) is 1. The minimum absolute atomic E-state index is 0.172. The van der Waals surface area contributed by atoms with Crippen molar-refractivity contribution in [3.63, 3.8) is 0 Å². The molecule has 0 bridgehead atoms. The molecule has 0 aromatic heterocycles. The van der Waals surface area contributed by atoms with Crippen LogP contribution >= 0.6 is 0 Å². The summed E-state index contributed by atoms with van der Waals surface area (Å²) in [6, 6.07) is 0. The highest BCUT2D eigenvalue weighted by Crippen LogP contribution is 2.23. The van der Waals surface area contributed by atoms with Gasteiger partial charge in [0.2, 0.25) is 5.91 Å². The zero-order valence-electron chi connectivity index (χ0n) is 9.98. The van der Waals surface area contributed by atoms with Crippen LogP contribution in [0.5, 0.6) is 0 Å². The molecule has 0 saturated carbocycles. The number of rotatable bonds is 2. The van der Waals surface area contributed by atoms with Gasteiger partial charge in [-0.1, -0.05) is 6.92 Å².